The van der Waals surface area contributed by atoms with Crippen LogP contribution in [0.25, 0.3) is 0 Å². The summed E-state index contributed by atoms with van der Waals surface area (Å²) in [5.41, 5.74) is 1.57. The monoisotopic (exact) mass is 332 g/mol. The molecule has 2 N–H and O–H groups in total. The highest BCUT2D eigenvalue weighted by Crippen LogP contribution is 2.64. The maximum atomic E-state index is 10.1. The van der Waals surface area contributed by atoms with Gasteiger partial charge in [0.2, 0.25) is 0 Å². The third-order valence-electron chi connectivity index (χ3n) is 7.75. The zero-order valence-electron chi connectivity index (χ0n) is 15.5. The molecule has 3 heteroatoms. The molecular weight excluding hydrogens is 300 g/mol. The predicted molar refractivity (Wildman–Crippen MR) is 94.2 cm³/mol. The highest BCUT2D eigenvalue weighted by molar-refractivity contribution is 5.37. The summed E-state index contributed by atoms with van der Waals surface area (Å²) in [5, 5.41) is 20.0. The molecule has 0 saturated heterocycles. The second-order valence-electron chi connectivity index (χ2n) is 9.82. The Morgan fingerprint density at radius 1 is 1.04 bits per heavy atom. The lowest BCUT2D eigenvalue weighted by molar-refractivity contribution is -0.165. The fourth-order valence-corrected chi connectivity index (χ4v) is 6.55. The van der Waals surface area contributed by atoms with Gasteiger partial charge in [-0.2, -0.15) is 0 Å². The van der Waals surface area contributed by atoms with Gasteiger partial charge in [0.15, 0.2) is 0 Å². The van der Waals surface area contributed by atoms with Gasteiger partial charge in [0.05, 0.1) is 6.10 Å². The Kier molecular flexibility index (Phi) is 3.54. The largest absolute Gasteiger partial charge is 0.487 e. The minimum Gasteiger partial charge on any atom is -0.487 e. The molecule has 4 aliphatic rings. The van der Waals surface area contributed by atoms with Gasteiger partial charge in [0, 0.05) is 12.3 Å². The van der Waals surface area contributed by atoms with Gasteiger partial charge in [0.1, 0.15) is 17.5 Å². The van der Waals surface area contributed by atoms with Crippen molar-refractivity contribution < 1.29 is 14.9 Å². The van der Waals surface area contributed by atoms with Crippen molar-refractivity contribution in [2.75, 3.05) is 0 Å². The van der Waals surface area contributed by atoms with Crippen LogP contribution < -0.4 is 0 Å². The van der Waals surface area contributed by atoms with E-state index < -0.39 is 12.2 Å². The molecule has 1 heterocycles. The van der Waals surface area contributed by atoms with Crippen LogP contribution in [0, 0.1) is 22.7 Å². The Bertz CT molecular complexity index is 604. The zero-order chi connectivity index (χ0) is 17.3. The van der Waals surface area contributed by atoms with Gasteiger partial charge in [-0.25, -0.2) is 0 Å². The van der Waals surface area contributed by atoms with E-state index in [9.17, 15) is 10.2 Å². The minimum absolute atomic E-state index is 0.185. The van der Waals surface area contributed by atoms with E-state index in [1.54, 1.807) is 6.08 Å². The van der Waals surface area contributed by atoms with E-state index in [-0.39, 0.29) is 11.0 Å². The average molecular weight is 332 g/mol. The summed E-state index contributed by atoms with van der Waals surface area (Å²) in [6, 6.07) is 0. The van der Waals surface area contributed by atoms with Crippen molar-refractivity contribution in [3.8, 4) is 0 Å². The van der Waals surface area contributed by atoms with E-state index in [4.69, 9.17) is 4.74 Å². The maximum absolute atomic E-state index is 10.1. The summed E-state index contributed by atoms with van der Waals surface area (Å²) in [7, 11) is 0. The molecular formula is C21H32O3. The van der Waals surface area contributed by atoms with Gasteiger partial charge in [0.25, 0.3) is 0 Å². The van der Waals surface area contributed by atoms with Crippen LogP contribution in [0.2, 0.25) is 0 Å². The van der Waals surface area contributed by atoms with Crippen molar-refractivity contribution in [2.45, 2.75) is 84.0 Å². The van der Waals surface area contributed by atoms with E-state index in [0.717, 1.165) is 23.7 Å². The molecule has 0 aromatic rings. The summed E-state index contributed by atoms with van der Waals surface area (Å²) < 4.78 is 6.50. The molecule has 0 amide bonds. The van der Waals surface area contributed by atoms with E-state index in [1.165, 1.54) is 25.7 Å². The van der Waals surface area contributed by atoms with Crippen LogP contribution in [0.3, 0.4) is 0 Å². The first-order valence-corrected chi connectivity index (χ1v) is 9.64. The maximum Gasteiger partial charge on any atom is 0.121 e. The van der Waals surface area contributed by atoms with Gasteiger partial charge in [-0.05, 0) is 61.0 Å². The van der Waals surface area contributed by atoms with Crippen LogP contribution in [0.15, 0.2) is 23.5 Å². The first kappa shape index (κ1) is 16.7. The summed E-state index contributed by atoms with van der Waals surface area (Å²) in [5.74, 6) is 1.92. The van der Waals surface area contributed by atoms with Crippen LogP contribution in [0.4, 0.5) is 0 Å². The lowest BCUT2D eigenvalue weighted by Gasteiger charge is -2.62. The number of hydrogen-bond donors (Lipinski definition) is 2. The second-order valence-corrected chi connectivity index (χ2v) is 9.82. The Hall–Kier alpha value is -0.800. The third-order valence-corrected chi connectivity index (χ3v) is 7.75. The number of allylic oxidation sites excluding steroid dienone is 1. The van der Waals surface area contributed by atoms with Crippen molar-refractivity contribution >= 4 is 0 Å². The number of aliphatic hydroxyl groups excluding tert-OH is 2. The fourth-order valence-electron chi connectivity index (χ4n) is 6.55. The lowest BCUT2D eigenvalue weighted by Crippen LogP contribution is -2.59. The van der Waals surface area contributed by atoms with Crippen molar-refractivity contribution in [1.82, 2.24) is 0 Å². The number of rotatable bonds is 0. The Labute approximate surface area is 145 Å². The van der Waals surface area contributed by atoms with E-state index >= 15 is 0 Å². The smallest absolute Gasteiger partial charge is 0.121 e. The quantitative estimate of drug-likeness (QED) is 0.706. The molecule has 24 heavy (non-hydrogen) atoms. The SMILES string of the molecule is CC1(C)CCC[C@]2(C)[C@H]3C=C4CC(O)C(O)C=C4O[C@@]3(C)CC[C@@H]12. The molecule has 0 aromatic carbocycles. The third kappa shape index (κ3) is 2.24. The molecule has 0 bridgehead atoms. The Morgan fingerprint density at radius 2 is 1.79 bits per heavy atom. The second kappa shape index (κ2) is 5.11. The van der Waals surface area contributed by atoms with Crippen molar-refractivity contribution in [1.29, 1.82) is 0 Å². The normalized spacial score (nSPS) is 49.8. The van der Waals surface area contributed by atoms with Crippen LogP contribution in [0.5, 0.6) is 0 Å². The molecule has 3 aliphatic carbocycles. The molecule has 0 spiro atoms. The number of ether oxygens (including phenoxy) is 1. The number of aliphatic hydroxyl groups is 2. The highest BCUT2D eigenvalue weighted by Gasteiger charge is 2.60. The predicted octanol–water partition coefficient (Wildman–Crippen LogP) is 3.95. The number of hydrogen-bond acceptors (Lipinski definition) is 3. The summed E-state index contributed by atoms with van der Waals surface area (Å²) in [6.07, 6.45) is 9.27. The molecule has 134 valence electrons. The zero-order valence-corrected chi connectivity index (χ0v) is 15.5. The van der Waals surface area contributed by atoms with Crippen molar-refractivity contribution in [3.63, 3.8) is 0 Å². The van der Waals surface area contributed by atoms with Crippen molar-refractivity contribution in [3.05, 3.63) is 23.5 Å². The van der Waals surface area contributed by atoms with Gasteiger partial charge in [-0.1, -0.05) is 33.3 Å². The van der Waals surface area contributed by atoms with E-state index in [2.05, 4.69) is 33.8 Å². The van der Waals surface area contributed by atoms with Crippen LogP contribution >= 0.6 is 0 Å². The number of fused-ring (bicyclic) bond motifs is 4. The lowest BCUT2D eigenvalue weighted by atomic mass is 9.45. The van der Waals surface area contributed by atoms with Crippen LogP contribution in [-0.2, 0) is 4.74 Å². The standard InChI is InChI=1S/C21H32O3/c1-19(2)7-5-8-20(3)17(19)6-9-21(4)18(20)11-13-10-14(22)15(23)12-16(13)24-21/h11-12,14-15,17-18,22-23H,5-10H2,1-4H3/t14?,15?,17-,18+,20-,21-/m0/s1. The van der Waals surface area contributed by atoms with Gasteiger partial charge < -0.3 is 14.9 Å². The summed E-state index contributed by atoms with van der Waals surface area (Å²) in [6.45, 7) is 9.62. The molecule has 3 nitrogen and oxygen atoms in total. The first-order chi connectivity index (χ1) is 11.2. The highest BCUT2D eigenvalue weighted by atomic mass is 16.5. The molecule has 6 atom stereocenters. The van der Waals surface area contributed by atoms with Crippen molar-refractivity contribution in [2.24, 2.45) is 22.7 Å². The topological polar surface area (TPSA) is 49.7 Å². The molecule has 0 radical (unpaired) electrons. The van der Waals surface area contributed by atoms with Gasteiger partial charge in [-0.3, -0.25) is 0 Å². The molecule has 4 rings (SSSR count). The molecule has 0 aromatic heterocycles. The van der Waals surface area contributed by atoms with Gasteiger partial charge in [-0.15, -0.1) is 0 Å². The molecule has 2 saturated carbocycles. The Balaban J connectivity index is 1.77. The van der Waals surface area contributed by atoms with E-state index in [0.29, 0.717) is 17.8 Å². The Morgan fingerprint density at radius 3 is 2.54 bits per heavy atom. The minimum atomic E-state index is -0.808. The van der Waals surface area contributed by atoms with Crippen LogP contribution in [-0.4, -0.2) is 28.0 Å². The van der Waals surface area contributed by atoms with Gasteiger partial charge >= 0.3 is 0 Å². The van der Waals surface area contributed by atoms with E-state index in [1.807, 2.05) is 0 Å². The fraction of sp³-hybridized carbons (Fsp3) is 0.810. The molecule has 1 aliphatic heterocycles. The van der Waals surface area contributed by atoms with Crippen LogP contribution in [0.1, 0.15) is 66.2 Å². The average Bonchev–Trinajstić information content (AvgIpc) is 2.46. The summed E-state index contributed by atoms with van der Waals surface area (Å²) in [4.78, 5) is 0. The first-order valence-electron chi connectivity index (χ1n) is 9.64. The molecule has 2 fully saturated rings. The molecule has 2 unspecified atom stereocenters. The summed E-state index contributed by atoms with van der Waals surface area (Å²) >= 11 is 0.